The van der Waals surface area contributed by atoms with Gasteiger partial charge in [-0.15, -0.1) is 0 Å². The molecule has 0 saturated carbocycles. The highest BCUT2D eigenvalue weighted by atomic mass is 32.1. The Balaban J connectivity index is 2.53. The summed E-state index contributed by atoms with van der Waals surface area (Å²) in [6.45, 7) is 7.72. The van der Waals surface area contributed by atoms with Gasteiger partial charge in [-0.1, -0.05) is 33.0 Å². The molecule has 0 amide bonds. The molecule has 0 saturated heterocycles. The van der Waals surface area contributed by atoms with E-state index < -0.39 is 0 Å². The van der Waals surface area contributed by atoms with Crippen LogP contribution in [0.3, 0.4) is 0 Å². The SMILES string of the molecule is CC(C)C(C)CNc1ccc(C(N)=S)cc1. The first-order chi connectivity index (χ1) is 7.50. The summed E-state index contributed by atoms with van der Waals surface area (Å²) in [5.74, 6) is 1.36. The number of nitrogens with two attached hydrogens (primary N) is 1. The highest BCUT2D eigenvalue weighted by Crippen LogP contribution is 2.13. The average molecular weight is 236 g/mol. The molecule has 2 nitrogen and oxygen atoms in total. The first-order valence-electron chi connectivity index (χ1n) is 5.64. The largest absolute Gasteiger partial charge is 0.389 e. The zero-order valence-corrected chi connectivity index (χ0v) is 11.0. The molecule has 0 aromatic heterocycles. The van der Waals surface area contributed by atoms with E-state index >= 15 is 0 Å². The van der Waals surface area contributed by atoms with Crippen LogP contribution in [0, 0.1) is 11.8 Å². The maximum atomic E-state index is 5.54. The lowest BCUT2D eigenvalue weighted by Crippen LogP contribution is -2.16. The number of anilines is 1. The quantitative estimate of drug-likeness (QED) is 0.772. The number of hydrogen-bond acceptors (Lipinski definition) is 2. The number of hydrogen-bond donors (Lipinski definition) is 2. The van der Waals surface area contributed by atoms with Gasteiger partial charge in [0, 0.05) is 17.8 Å². The van der Waals surface area contributed by atoms with Crippen LogP contribution in [0.5, 0.6) is 0 Å². The van der Waals surface area contributed by atoms with E-state index in [0.717, 1.165) is 17.8 Å². The Hall–Kier alpha value is -1.09. The summed E-state index contributed by atoms with van der Waals surface area (Å²) in [6, 6.07) is 7.93. The van der Waals surface area contributed by atoms with Gasteiger partial charge in [0.2, 0.25) is 0 Å². The third kappa shape index (κ3) is 3.81. The monoisotopic (exact) mass is 236 g/mol. The van der Waals surface area contributed by atoms with E-state index in [0.29, 0.717) is 16.8 Å². The normalized spacial score (nSPS) is 12.5. The van der Waals surface area contributed by atoms with Crippen LogP contribution in [0.1, 0.15) is 26.3 Å². The standard InChI is InChI=1S/C13H20N2S/c1-9(2)10(3)8-15-12-6-4-11(5-7-12)13(14)16/h4-7,9-10,15H,8H2,1-3H3,(H2,14,16). The molecule has 1 unspecified atom stereocenters. The minimum atomic E-state index is 0.446. The zero-order valence-electron chi connectivity index (χ0n) is 10.2. The maximum Gasteiger partial charge on any atom is 0.103 e. The van der Waals surface area contributed by atoms with Crippen LogP contribution in [0.2, 0.25) is 0 Å². The summed E-state index contributed by atoms with van der Waals surface area (Å²) < 4.78 is 0. The molecule has 88 valence electrons. The Kier molecular flexibility index (Phi) is 4.74. The molecular weight excluding hydrogens is 216 g/mol. The minimum Gasteiger partial charge on any atom is -0.389 e. The van der Waals surface area contributed by atoms with Gasteiger partial charge in [-0.25, -0.2) is 0 Å². The van der Waals surface area contributed by atoms with Crippen LogP contribution in [-0.4, -0.2) is 11.5 Å². The second-order valence-corrected chi connectivity index (χ2v) is 4.98. The summed E-state index contributed by atoms with van der Waals surface area (Å²) in [5, 5.41) is 3.41. The van der Waals surface area contributed by atoms with Gasteiger partial charge in [0.05, 0.1) is 0 Å². The van der Waals surface area contributed by atoms with Crippen molar-refractivity contribution in [1.82, 2.24) is 0 Å². The lowest BCUT2D eigenvalue weighted by atomic mass is 9.98. The number of thiocarbonyl (C=S) groups is 1. The van der Waals surface area contributed by atoms with Gasteiger partial charge in [-0.3, -0.25) is 0 Å². The molecule has 0 heterocycles. The van der Waals surface area contributed by atoms with Gasteiger partial charge in [0.1, 0.15) is 4.99 Å². The predicted molar refractivity (Wildman–Crippen MR) is 74.8 cm³/mol. The van der Waals surface area contributed by atoms with Gasteiger partial charge in [-0.2, -0.15) is 0 Å². The van der Waals surface area contributed by atoms with E-state index in [9.17, 15) is 0 Å². The van der Waals surface area contributed by atoms with Crippen LogP contribution in [-0.2, 0) is 0 Å². The lowest BCUT2D eigenvalue weighted by molar-refractivity contribution is 0.440. The highest BCUT2D eigenvalue weighted by Gasteiger charge is 2.06. The van der Waals surface area contributed by atoms with Crippen molar-refractivity contribution in [2.75, 3.05) is 11.9 Å². The van der Waals surface area contributed by atoms with Gasteiger partial charge < -0.3 is 11.1 Å². The molecule has 1 aromatic carbocycles. The third-order valence-corrected chi connectivity index (χ3v) is 3.17. The number of benzene rings is 1. The Morgan fingerprint density at radius 2 is 1.81 bits per heavy atom. The van der Waals surface area contributed by atoms with Gasteiger partial charge in [0.15, 0.2) is 0 Å². The van der Waals surface area contributed by atoms with E-state index in [1.165, 1.54) is 0 Å². The lowest BCUT2D eigenvalue weighted by Gasteiger charge is -2.17. The average Bonchev–Trinajstić information content (AvgIpc) is 2.26. The zero-order chi connectivity index (χ0) is 12.1. The fourth-order valence-electron chi connectivity index (χ4n) is 1.27. The molecular formula is C13H20N2S. The summed E-state index contributed by atoms with van der Waals surface area (Å²) in [6.07, 6.45) is 0. The molecule has 0 aliphatic heterocycles. The molecule has 0 aliphatic rings. The van der Waals surface area contributed by atoms with Gasteiger partial charge in [0.25, 0.3) is 0 Å². The van der Waals surface area contributed by atoms with Crippen molar-refractivity contribution in [1.29, 1.82) is 0 Å². The first kappa shape index (κ1) is 13.0. The number of nitrogens with one attached hydrogen (secondary N) is 1. The summed E-state index contributed by atoms with van der Waals surface area (Å²) in [4.78, 5) is 0.446. The molecule has 0 spiro atoms. The molecule has 1 atom stereocenters. The molecule has 1 rings (SSSR count). The van der Waals surface area contributed by atoms with Crippen LogP contribution < -0.4 is 11.1 Å². The molecule has 0 bridgehead atoms. The molecule has 1 aromatic rings. The summed E-state index contributed by atoms with van der Waals surface area (Å²) in [7, 11) is 0. The fourth-order valence-corrected chi connectivity index (χ4v) is 1.40. The van der Waals surface area contributed by atoms with E-state index in [1.807, 2.05) is 24.3 Å². The van der Waals surface area contributed by atoms with E-state index in [1.54, 1.807) is 0 Å². The van der Waals surface area contributed by atoms with Crippen LogP contribution in [0.25, 0.3) is 0 Å². The van der Waals surface area contributed by atoms with Crippen molar-refractivity contribution in [3.05, 3.63) is 29.8 Å². The van der Waals surface area contributed by atoms with Crippen molar-refractivity contribution in [2.45, 2.75) is 20.8 Å². The molecule has 3 N–H and O–H groups in total. The highest BCUT2D eigenvalue weighted by molar-refractivity contribution is 7.80. The van der Waals surface area contributed by atoms with Gasteiger partial charge >= 0.3 is 0 Å². The Morgan fingerprint density at radius 1 is 1.25 bits per heavy atom. The molecule has 3 heteroatoms. The van der Waals surface area contributed by atoms with E-state index in [2.05, 4.69) is 26.1 Å². The van der Waals surface area contributed by atoms with Crippen molar-refractivity contribution < 1.29 is 0 Å². The summed E-state index contributed by atoms with van der Waals surface area (Å²) in [5.41, 5.74) is 7.57. The van der Waals surface area contributed by atoms with Crippen LogP contribution >= 0.6 is 12.2 Å². The third-order valence-electron chi connectivity index (χ3n) is 2.94. The van der Waals surface area contributed by atoms with Crippen LogP contribution in [0.15, 0.2) is 24.3 Å². The molecule has 0 fully saturated rings. The fraction of sp³-hybridized carbons (Fsp3) is 0.462. The maximum absolute atomic E-state index is 5.54. The second-order valence-electron chi connectivity index (χ2n) is 4.54. The Labute approximate surface area is 103 Å². The second kappa shape index (κ2) is 5.85. The van der Waals surface area contributed by atoms with Crippen molar-refractivity contribution in [2.24, 2.45) is 17.6 Å². The van der Waals surface area contributed by atoms with Crippen molar-refractivity contribution >= 4 is 22.9 Å². The van der Waals surface area contributed by atoms with E-state index in [4.69, 9.17) is 18.0 Å². The topological polar surface area (TPSA) is 38.0 Å². The molecule has 16 heavy (non-hydrogen) atoms. The Bertz CT molecular complexity index is 343. The molecule has 0 aliphatic carbocycles. The van der Waals surface area contributed by atoms with E-state index in [-0.39, 0.29) is 0 Å². The minimum absolute atomic E-state index is 0.446. The summed E-state index contributed by atoms with van der Waals surface area (Å²) >= 11 is 4.90. The predicted octanol–water partition coefficient (Wildman–Crippen LogP) is 3.02. The molecule has 0 radical (unpaired) electrons. The van der Waals surface area contributed by atoms with Crippen LogP contribution in [0.4, 0.5) is 5.69 Å². The smallest absolute Gasteiger partial charge is 0.103 e. The first-order valence-corrected chi connectivity index (χ1v) is 6.05. The van der Waals surface area contributed by atoms with Crippen molar-refractivity contribution in [3.8, 4) is 0 Å². The number of rotatable bonds is 5. The van der Waals surface area contributed by atoms with Crippen molar-refractivity contribution in [3.63, 3.8) is 0 Å². The van der Waals surface area contributed by atoms with Gasteiger partial charge in [-0.05, 0) is 36.1 Å². The Morgan fingerprint density at radius 3 is 2.25 bits per heavy atom.